The van der Waals surface area contributed by atoms with Crippen molar-refractivity contribution in [3.05, 3.63) is 0 Å². The molecule has 2 rings (SSSR count). The number of aliphatic hydroxyl groups is 1. The van der Waals surface area contributed by atoms with E-state index in [0.717, 1.165) is 32.4 Å². The Morgan fingerprint density at radius 1 is 1.43 bits per heavy atom. The Bertz CT molecular complexity index is 224. The van der Waals surface area contributed by atoms with Gasteiger partial charge in [-0.2, -0.15) is 0 Å². The molecule has 2 heterocycles. The van der Waals surface area contributed by atoms with Crippen LogP contribution in [-0.2, 0) is 4.79 Å². The third-order valence-corrected chi connectivity index (χ3v) is 3.49. The molecule has 4 heteroatoms. The topological polar surface area (TPSA) is 61.4 Å². The summed E-state index contributed by atoms with van der Waals surface area (Å²) in [6, 6.07) is 0.200. The molecule has 0 aromatic heterocycles. The highest BCUT2D eigenvalue weighted by Crippen LogP contribution is 2.39. The molecular formula is C10H18N2O2. The zero-order chi connectivity index (χ0) is 10.0. The number of carbonyl (C=O) groups excluding carboxylic acids is 1. The van der Waals surface area contributed by atoms with Crippen LogP contribution in [0.1, 0.15) is 25.7 Å². The first-order chi connectivity index (χ1) is 6.77. The van der Waals surface area contributed by atoms with Crippen LogP contribution in [0.2, 0.25) is 0 Å². The Hall–Kier alpha value is -0.610. The van der Waals surface area contributed by atoms with Gasteiger partial charge >= 0.3 is 0 Å². The average molecular weight is 198 g/mol. The van der Waals surface area contributed by atoms with Gasteiger partial charge in [0.15, 0.2) is 0 Å². The molecule has 0 unspecified atom stereocenters. The smallest absolute Gasteiger partial charge is 0.226 e. The van der Waals surface area contributed by atoms with Crippen molar-refractivity contribution in [2.75, 3.05) is 19.7 Å². The molecule has 80 valence electrons. The van der Waals surface area contributed by atoms with E-state index in [0.29, 0.717) is 6.42 Å². The summed E-state index contributed by atoms with van der Waals surface area (Å²) in [6.45, 7) is 2.05. The van der Waals surface area contributed by atoms with Gasteiger partial charge in [0, 0.05) is 12.6 Å². The molecular weight excluding hydrogens is 180 g/mol. The largest absolute Gasteiger partial charge is 0.396 e. The Morgan fingerprint density at radius 3 is 2.79 bits per heavy atom. The van der Waals surface area contributed by atoms with Crippen molar-refractivity contribution in [3.63, 3.8) is 0 Å². The van der Waals surface area contributed by atoms with Crippen LogP contribution < -0.4 is 10.6 Å². The molecule has 0 aliphatic carbocycles. The van der Waals surface area contributed by atoms with Crippen molar-refractivity contribution in [2.45, 2.75) is 31.7 Å². The molecule has 2 fully saturated rings. The second-order valence-electron chi connectivity index (χ2n) is 4.42. The van der Waals surface area contributed by atoms with Crippen molar-refractivity contribution in [2.24, 2.45) is 5.41 Å². The number of nitrogens with one attached hydrogen (secondary N) is 2. The van der Waals surface area contributed by atoms with Crippen LogP contribution in [-0.4, -0.2) is 36.8 Å². The van der Waals surface area contributed by atoms with Gasteiger partial charge in [-0.25, -0.2) is 0 Å². The third kappa shape index (κ3) is 1.64. The fourth-order valence-corrected chi connectivity index (χ4v) is 2.62. The molecule has 2 aliphatic rings. The van der Waals surface area contributed by atoms with E-state index >= 15 is 0 Å². The highest BCUT2D eigenvalue weighted by molar-refractivity contribution is 5.85. The summed E-state index contributed by atoms with van der Waals surface area (Å²) in [5.74, 6) is 0.206. The zero-order valence-electron chi connectivity index (χ0n) is 8.38. The van der Waals surface area contributed by atoms with Crippen molar-refractivity contribution >= 4 is 5.91 Å². The maximum atomic E-state index is 11.8. The molecule has 2 aliphatic heterocycles. The highest BCUT2D eigenvalue weighted by Gasteiger charge is 2.46. The number of amides is 1. The van der Waals surface area contributed by atoms with E-state index in [1.165, 1.54) is 0 Å². The van der Waals surface area contributed by atoms with Crippen LogP contribution in [0.25, 0.3) is 0 Å². The molecule has 1 atom stereocenters. The lowest BCUT2D eigenvalue weighted by Crippen LogP contribution is -2.41. The molecule has 0 saturated carbocycles. The van der Waals surface area contributed by atoms with Crippen LogP contribution in [0, 0.1) is 5.41 Å². The molecule has 14 heavy (non-hydrogen) atoms. The van der Waals surface area contributed by atoms with Gasteiger partial charge in [0.05, 0.1) is 5.41 Å². The number of carbonyl (C=O) groups is 1. The third-order valence-electron chi connectivity index (χ3n) is 3.49. The minimum atomic E-state index is -0.120. The number of hydrogen-bond acceptors (Lipinski definition) is 3. The van der Waals surface area contributed by atoms with Gasteiger partial charge in [-0.1, -0.05) is 0 Å². The van der Waals surface area contributed by atoms with E-state index in [-0.39, 0.29) is 24.0 Å². The summed E-state index contributed by atoms with van der Waals surface area (Å²) in [5, 5.41) is 15.1. The number of piperidine rings is 1. The van der Waals surface area contributed by atoms with Gasteiger partial charge in [-0.15, -0.1) is 0 Å². The number of hydrogen-bond donors (Lipinski definition) is 3. The van der Waals surface area contributed by atoms with E-state index in [2.05, 4.69) is 10.6 Å². The molecule has 0 radical (unpaired) electrons. The first kappa shape index (κ1) is 9.93. The summed E-state index contributed by atoms with van der Waals surface area (Å²) in [6.07, 6.45) is 3.50. The van der Waals surface area contributed by atoms with Crippen LogP contribution in [0.15, 0.2) is 0 Å². The van der Waals surface area contributed by atoms with E-state index in [4.69, 9.17) is 5.11 Å². The summed E-state index contributed by atoms with van der Waals surface area (Å²) in [5.41, 5.74) is -0.120. The van der Waals surface area contributed by atoms with Gasteiger partial charge in [0.2, 0.25) is 5.91 Å². The second kappa shape index (κ2) is 3.87. The fraction of sp³-hybridized carbons (Fsp3) is 0.900. The first-order valence-electron chi connectivity index (χ1n) is 5.39. The average Bonchev–Trinajstić information content (AvgIpc) is 2.45. The van der Waals surface area contributed by atoms with Crippen LogP contribution in [0.5, 0.6) is 0 Å². The van der Waals surface area contributed by atoms with Crippen LogP contribution >= 0.6 is 0 Å². The Kier molecular flexibility index (Phi) is 2.74. The first-order valence-corrected chi connectivity index (χ1v) is 5.39. The summed E-state index contributed by atoms with van der Waals surface area (Å²) in [4.78, 5) is 11.8. The molecule has 3 N–H and O–H groups in total. The van der Waals surface area contributed by atoms with E-state index < -0.39 is 0 Å². The minimum Gasteiger partial charge on any atom is -0.396 e. The van der Waals surface area contributed by atoms with Gasteiger partial charge in [0.25, 0.3) is 0 Å². The van der Waals surface area contributed by atoms with Crippen molar-refractivity contribution in [3.8, 4) is 0 Å². The standard InChI is InChI=1S/C10H18N2O2/c13-6-1-8-7-10(9(14)12-8)2-4-11-5-3-10/h8,11,13H,1-7H2,(H,12,14)/t8-/m0/s1. The Labute approximate surface area is 84.1 Å². The maximum Gasteiger partial charge on any atom is 0.226 e. The lowest BCUT2D eigenvalue weighted by Gasteiger charge is -2.30. The van der Waals surface area contributed by atoms with Gasteiger partial charge in [0.1, 0.15) is 0 Å². The van der Waals surface area contributed by atoms with Crippen molar-refractivity contribution < 1.29 is 9.90 Å². The molecule has 0 bridgehead atoms. The normalized spacial score (nSPS) is 30.6. The van der Waals surface area contributed by atoms with Gasteiger partial charge < -0.3 is 15.7 Å². The fourth-order valence-electron chi connectivity index (χ4n) is 2.62. The second-order valence-corrected chi connectivity index (χ2v) is 4.42. The highest BCUT2D eigenvalue weighted by atomic mass is 16.3. The summed E-state index contributed by atoms with van der Waals surface area (Å²) < 4.78 is 0. The summed E-state index contributed by atoms with van der Waals surface area (Å²) >= 11 is 0. The van der Waals surface area contributed by atoms with E-state index in [9.17, 15) is 4.79 Å². The van der Waals surface area contributed by atoms with Gasteiger partial charge in [-0.05, 0) is 38.8 Å². The Balaban J connectivity index is 2.01. The van der Waals surface area contributed by atoms with E-state index in [1.54, 1.807) is 0 Å². The van der Waals surface area contributed by atoms with Crippen molar-refractivity contribution in [1.29, 1.82) is 0 Å². The van der Waals surface area contributed by atoms with Crippen molar-refractivity contribution in [1.82, 2.24) is 10.6 Å². The molecule has 0 aromatic carbocycles. The molecule has 4 nitrogen and oxygen atoms in total. The van der Waals surface area contributed by atoms with E-state index in [1.807, 2.05) is 0 Å². The van der Waals surface area contributed by atoms with Crippen LogP contribution in [0.3, 0.4) is 0 Å². The molecule has 2 saturated heterocycles. The minimum absolute atomic E-state index is 0.120. The molecule has 1 amide bonds. The SMILES string of the molecule is O=C1N[C@@H](CCO)CC12CCNCC2. The summed E-state index contributed by atoms with van der Waals surface area (Å²) in [7, 11) is 0. The zero-order valence-corrected chi connectivity index (χ0v) is 8.38. The predicted molar refractivity (Wildman–Crippen MR) is 52.8 cm³/mol. The quantitative estimate of drug-likeness (QED) is 0.567. The molecule has 0 aromatic rings. The molecule has 1 spiro atoms. The maximum absolute atomic E-state index is 11.8. The number of rotatable bonds is 2. The monoisotopic (exact) mass is 198 g/mol. The Morgan fingerprint density at radius 2 is 2.14 bits per heavy atom. The lowest BCUT2D eigenvalue weighted by molar-refractivity contribution is -0.128. The van der Waals surface area contributed by atoms with Crippen LogP contribution in [0.4, 0.5) is 0 Å². The predicted octanol–water partition coefficient (Wildman–Crippen LogP) is -0.373. The number of aliphatic hydroxyl groups excluding tert-OH is 1. The lowest BCUT2D eigenvalue weighted by atomic mass is 9.76. The van der Waals surface area contributed by atoms with Gasteiger partial charge in [-0.3, -0.25) is 4.79 Å².